The standard InChI is InChI=1S/C21H26F2N2O3/c1-3-4-18-20(21(26)27)14(2)9-19(24-5-7-28-8-6-24)25(18)13-15-10-16(22)12-17(23)11-15/h9-12,19H,3-8,13H2,1-2H3,(H,26,27). The van der Waals surface area contributed by atoms with E-state index in [-0.39, 0.29) is 18.3 Å². The molecule has 0 radical (unpaired) electrons. The number of nitrogens with zero attached hydrogens (tertiary/aromatic N) is 2. The van der Waals surface area contributed by atoms with Crippen molar-refractivity contribution in [1.82, 2.24) is 9.80 Å². The smallest absolute Gasteiger partial charge is 0.337 e. The van der Waals surface area contributed by atoms with Crippen LogP contribution < -0.4 is 0 Å². The van der Waals surface area contributed by atoms with Crippen molar-refractivity contribution in [3.8, 4) is 0 Å². The lowest BCUT2D eigenvalue weighted by atomic mass is 9.95. The van der Waals surface area contributed by atoms with Crippen LogP contribution in [-0.4, -0.2) is 53.3 Å². The van der Waals surface area contributed by atoms with E-state index in [1.165, 1.54) is 12.1 Å². The lowest BCUT2D eigenvalue weighted by Gasteiger charge is -2.45. The molecule has 0 spiro atoms. The highest BCUT2D eigenvalue weighted by Gasteiger charge is 2.34. The molecule has 2 aliphatic heterocycles. The van der Waals surface area contributed by atoms with E-state index in [1.807, 2.05) is 24.8 Å². The Morgan fingerprint density at radius 2 is 1.86 bits per heavy atom. The zero-order valence-corrected chi connectivity index (χ0v) is 16.3. The monoisotopic (exact) mass is 392 g/mol. The number of morpholine rings is 1. The largest absolute Gasteiger partial charge is 0.478 e. The molecule has 3 rings (SSSR count). The minimum Gasteiger partial charge on any atom is -0.478 e. The van der Waals surface area contributed by atoms with Gasteiger partial charge in [0.1, 0.15) is 17.8 Å². The molecule has 2 aliphatic rings. The third-order valence-electron chi connectivity index (χ3n) is 5.14. The van der Waals surface area contributed by atoms with Crippen molar-refractivity contribution in [2.45, 2.75) is 39.4 Å². The van der Waals surface area contributed by atoms with Crippen LogP contribution in [0.4, 0.5) is 8.78 Å². The predicted molar refractivity (Wildman–Crippen MR) is 101 cm³/mol. The molecule has 7 heteroatoms. The molecular weight excluding hydrogens is 366 g/mol. The van der Waals surface area contributed by atoms with Gasteiger partial charge in [-0.25, -0.2) is 13.6 Å². The summed E-state index contributed by atoms with van der Waals surface area (Å²) in [5.41, 5.74) is 2.18. The van der Waals surface area contributed by atoms with Gasteiger partial charge in [-0.3, -0.25) is 4.90 Å². The zero-order valence-electron chi connectivity index (χ0n) is 16.3. The van der Waals surface area contributed by atoms with Crippen LogP contribution >= 0.6 is 0 Å². The van der Waals surface area contributed by atoms with E-state index in [9.17, 15) is 18.7 Å². The third-order valence-corrected chi connectivity index (χ3v) is 5.14. The fourth-order valence-electron chi connectivity index (χ4n) is 3.96. The Balaban J connectivity index is 2.04. The number of allylic oxidation sites excluding steroid dienone is 1. The van der Waals surface area contributed by atoms with Crippen LogP contribution in [0.3, 0.4) is 0 Å². The number of hydrogen-bond donors (Lipinski definition) is 1. The summed E-state index contributed by atoms with van der Waals surface area (Å²) >= 11 is 0. The molecule has 1 aromatic carbocycles. The van der Waals surface area contributed by atoms with E-state index in [0.717, 1.165) is 12.5 Å². The van der Waals surface area contributed by atoms with Crippen LogP contribution in [0.2, 0.25) is 0 Å². The van der Waals surface area contributed by atoms with Gasteiger partial charge in [0.05, 0.1) is 18.8 Å². The maximum atomic E-state index is 13.7. The Labute approximate surface area is 163 Å². The molecule has 152 valence electrons. The Bertz CT molecular complexity index is 781. The second-order valence-corrected chi connectivity index (χ2v) is 7.19. The van der Waals surface area contributed by atoms with Gasteiger partial charge in [0.2, 0.25) is 0 Å². The number of aliphatic carboxylic acids is 1. The molecule has 5 nitrogen and oxygen atoms in total. The molecule has 1 unspecified atom stereocenters. The highest BCUT2D eigenvalue weighted by Crippen LogP contribution is 2.33. The number of carboxylic acids is 1. The minimum absolute atomic E-state index is 0.181. The summed E-state index contributed by atoms with van der Waals surface area (Å²) < 4.78 is 32.9. The van der Waals surface area contributed by atoms with Gasteiger partial charge < -0.3 is 14.7 Å². The van der Waals surface area contributed by atoms with Crippen LogP contribution in [0.25, 0.3) is 0 Å². The number of halogens is 2. The first-order valence-corrected chi connectivity index (χ1v) is 9.59. The maximum Gasteiger partial charge on any atom is 0.337 e. The molecule has 2 heterocycles. The van der Waals surface area contributed by atoms with Crippen molar-refractivity contribution in [3.05, 3.63) is 58.3 Å². The molecule has 28 heavy (non-hydrogen) atoms. The average Bonchev–Trinajstić information content (AvgIpc) is 2.63. The van der Waals surface area contributed by atoms with E-state index in [4.69, 9.17) is 4.74 Å². The van der Waals surface area contributed by atoms with Gasteiger partial charge in [0, 0.05) is 31.4 Å². The molecule has 1 aromatic rings. The van der Waals surface area contributed by atoms with Crippen molar-refractivity contribution in [2.24, 2.45) is 0 Å². The molecule has 1 atom stereocenters. The van der Waals surface area contributed by atoms with E-state index in [2.05, 4.69) is 4.90 Å². The molecule has 1 fully saturated rings. The second kappa shape index (κ2) is 8.84. The van der Waals surface area contributed by atoms with Gasteiger partial charge in [0.15, 0.2) is 0 Å². The van der Waals surface area contributed by atoms with Crippen molar-refractivity contribution in [1.29, 1.82) is 0 Å². The molecule has 0 aliphatic carbocycles. The highest BCUT2D eigenvalue weighted by atomic mass is 19.1. The van der Waals surface area contributed by atoms with Crippen molar-refractivity contribution < 1.29 is 23.4 Å². The van der Waals surface area contributed by atoms with Gasteiger partial charge in [-0.1, -0.05) is 13.3 Å². The van der Waals surface area contributed by atoms with Gasteiger partial charge in [-0.05, 0) is 42.7 Å². The second-order valence-electron chi connectivity index (χ2n) is 7.19. The first kappa shape index (κ1) is 20.5. The predicted octanol–water partition coefficient (Wildman–Crippen LogP) is 3.52. The molecule has 0 bridgehead atoms. The fourth-order valence-corrected chi connectivity index (χ4v) is 3.96. The first-order valence-electron chi connectivity index (χ1n) is 9.59. The zero-order chi connectivity index (χ0) is 20.3. The minimum atomic E-state index is -0.979. The molecule has 1 N–H and O–H groups in total. The van der Waals surface area contributed by atoms with E-state index >= 15 is 0 Å². The fraction of sp³-hybridized carbons (Fsp3) is 0.476. The van der Waals surface area contributed by atoms with Crippen LogP contribution in [0.15, 0.2) is 41.1 Å². The summed E-state index contributed by atoms with van der Waals surface area (Å²) in [4.78, 5) is 16.2. The summed E-state index contributed by atoms with van der Waals surface area (Å²) in [6, 6.07) is 3.44. The SMILES string of the molecule is CCCC1=C(C(=O)O)C(C)=CC(N2CCOCC2)N1Cc1cc(F)cc(F)c1. The number of benzene rings is 1. The Morgan fingerprint density at radius 3 is 2.43 bits per heavy atom. The van der Waals surface area contributed by atoms with Gasteiger partial charge >= 0.3 is 5.97 Å². The third kappa shape index (κ3) is 4.42. The summed E-state index contributed by atoms with van der Waals surface area (Å²) in [6.07, 6.45) is 3.10. The van der Waals surface area contributed by atoms with Crippen LogP contribution in [-0.2, 0) is 16.1 Å². The molecule has 0 amide bonds. The van der Waals surface area contributed by atoms with Crippen molar-refractivity contribution in [3.63, 3.8) is 0 Å². The quantitative estimate of drug-likeness (QED) is 0.803. The first-order chi connectivity index (χ1) is 13.4. The highest BCUT2D eigenvalue weighted by molar-refractivity contribution is 5.92. The average molecular weight is 392 g/mol. The van der Waals surface area contributed by atoms with Crippen LogP contribution in [0.1, 0.15) is 32.3 Å². The topological polar surface area (TPSA) is 53.0 Å². The number of carboxylic acid groups (broad SMARTS) is 1. The lowest BCUT2D eigenvalue weighted by Crippen LogP contribution is -2.52. The van der Waals surface area contributed by atoms with Gasteiger partial charge in [0.25, 0.3) is 0 Å². The molecule has 0 aromatic heterocycles. The normalized spacial score (nSPS) is 21.1. The number of rotatable bonds is 6. The summed E-state index contributed by atoms with van der Waals surface area (Å²) in [6.45, 7) is 6.66. The van der Waals surface area contributed by atoms with E-state index < -0.39 is 17.6 Å². The van der Waals surface area contributed by atoms with E-state index in [0.29, 0.717) is 49.6 Å². The number of ether oxygens (including phenoxy) is 1. The summed E-state index contributed by atoms with van der Waals surface area (Å²) in [5.74, 6) is -2.25. The molecular formula is C21H26F2N2O3. The molecule has 1 saturated heterocycles. The Kier molecular flexibility index (Phi) is 6.46. The van der Waals surface area contributed by atoms with Crippen molar-refractivity contribution in [2.75, 3.05) is 26.3 Å². The van der Waals surface area contributed by atoms with Crippen LogP contribution in [0, 0.1) is 11.6 Å². The molecule has 0 saturated carbocycles. The summed E-state index contributed by atoms with van der Waals surface area (Å²) in [7, 11) is 0. The maximum absolute atomic E-state index is 13.7. The number of hydrogen-bond acceptors (Lipinski definition) is 4. The number of carbonyl (C=O) groups is 1. The Morgan fingerprint density at radius 1 is 1.21 bits per heavy atom. The Hall–Kier alpha value is -2.25. The summed E-state index contributed by atoms with van der Waals surface area (Å²) in [5, 5.41) is 9.80. The van der Waals surface area contributed by atoms with E-state index in [1.54, 1.807) is 0 Å². The van der Waals surface area contributed by atoms with Gasteiger partial charge in [-0.15, -0.1) is 0 Å². The lowest BCUT2D eigenvalue weighted by molar-refractivity contribution is -0.132. The van der Waals surface area contributed by atoms with Crippen LogP contribution in [0.5, 0.6) is 0 Å². The van der Waals surface area contributed by atoms with Gasteiger partial charge in [-0.2, -0.15) is 0 Å². The van der Waals surface area contributed by atoms with Crippen molar-refractivity contribution >= 4 is 5.97 Å².